The number of benzene rings is 1. The average Bonchev–Trinajstić information content (AvgIpc) is 2.83. The van der Waals surface area contributed by atoms with Gasteiger partial charge in [-0.1, -0.05) is 18.2 Å². The molecule has 3 rings (SSSR count). The molecule has 1 aliphatic rings. The zero-order valence-electron chi connectivity index (χ0n) is 10.6. The molecule has 2 heterocycles. The van der Waals surface area contributed by atoms with Gasteiger partial charge in [-0.2, -0.15) is 0 Å². The van der Waals surface area contributed by atoms with Gasteiger partial charge in [0.05, 0.1) is 0 Å². The first-order valence-corrected chi connectivity index (χ1v) is 6.54. The van der Waals surface area contributed by atoms with Crippen LogP contribution in [-0.4, -0.2) is 27.9 Å². The van der Waals surface area contributed by atoms with Crippen LogP contribution < -0.4 is 5.32 Å². The van der Waals surface area contributed by atoms with E-state index in [0.717, 1.165) is 30.4 Å². The van der Waals surface area contributed by atoms with Crippen molar-refractivity contribution in [1.29, 1.82) is 0 Å². The minimum absolute atomic E-state index is 0.472. The maximum absolute atomic E-state index is 4.39. The summed E-state index contributed by atoms with van der Waals surface area (Å²) in [6.07, 6.45) is 2.41. The molecule has 2 aromatic rings. The molecule has 1 aromatic carbocycles. The van der Waals surface area contributed by atoms with E-state index < -0.39 is 0 Å². The summed E-state index contributed by atoms with van der Waals surface area (Å²) in [5, 5.41) is 12.1. The van der Waals surface area contributed by atoms with Gasteiger partial charge in [-0.3, -0.25) is 4.57 Å². The van der Waals surface area contributed by atoms with Crippen LogP contribution in [0.4, 0.5) is 0 Å². The van der Waals surface area contributed by atoms with Gasteiger partial charge in [0, 0.05) is 18.2 Å². The van der Waals surface area contributed by atoms with E-state index in [0.29, 0.717) is 5.92 Å². The molecule has 0 radical (unpaired) electrons. The van der Waals surface area contributed by atoms with Crippen LogP contribution in [0.2, 0.25) is 0 Å². The summed E-state index contributed by atoms with van der Waals surface area (Å²) in [6, 6.07) is 10.4. The molecule has 18 heavy (non-hydrogen) atoms. The summed E-state index contributed by atoms with van der Waals surface area (Å²) in [5.74, 6) is 2.52. The van der Waals surface area contributed by atoms with Crippen molar-refractivity contribution in [2.45, 2.75) is 25.7 Å². The van der Waals surface area contributed by atoms with Crippen molar-refractivity contribution in [3.8, 4) is 5.69 Å². The van der Waals surface area contributed by atoms with Crippen LogP contribution in [0, 0.1) is 6.92 Å². The van der Waals surface area contributed by atoms with E-state index in [2.05, 4.69) is 44.3 Å². The predicted octanol–water partition coefficient (Wildman–Crippen LogP) is 2.04. The van der Waals surface area contributed by atoms with Crippen LogP contribution in [0.1, 0.15) is 30.4 Å². The lowest BCUT2D eigenvalue weighted by Crippen LogP contribution is -2.30. The molecule has 1 unspecified atom stereocenters. The molecule has 4 heteroatoms. The zero-order valence-corrected chi connectivity index (χ0v) is 10.6. The summed E-state index contributed by atoms with van der Waals surface area (Å²) in [7, 11) is 0. The Balaban J connectivity index is 2.01. The number of nitrogens with one attached hydrogen (secondary N) is 1. The van der Waals surface area contributed by atoms with E-state index >= 15 is 0 Å². The van der Waals surface area contributed by atoms with E-state index in [1.54, 1.807) is 0 Å². The van der Waals surface area contributed by atoms with Crippen LogP contribution in [0.5, 0.6) is 0 Å². The maximum atomic E-state index is 4.39. The molecule has 0 spiro atoms. The Morgan fingerprint density at radius 3 is 2.78 bits per heavy atom. The van der Waals surface area contributed by atoms with Gasteiger partial charge >= 0.3 is 0 Å². The molecule has 1 aromatic heterocycles. The molecule has 1 aliphatic heterocycles. The number of rotatable bonds is 2. The number of hydrogen-bond acceptors (Lipinski definition) is 3. The van der Waals surface area contributed by atoms with Crippen LogP contribution in [-0.2, 0) is 0 Å². The second-order valence-electron chi connectivity index (χ2n) is 4.82. The summed E-state index contributed by atoms with van der Waals surface area (Å²) < 4.78 is 2.18. The highest BCUT2D eigenvalue weighted by atomic mass is 15.3. The summed E-state index contributed by atoms with van der Waals surface area (Å²) >= 11 is 0. The van der Waals surface area contributed by atoms with Gasteiger partial charge in [-0.15, -0.1) is 10.2 Å². The average molecular weight is 242 g/mol. The Kier molecular flexibility index (Phi) is 3.11. The smallest absolute Gasteiger partial charge is 0.142 e. The Morgan fingerprint density at radius 2 is 2.06 bits per heavy atom. The Bertz CT molecular complexity index is 512. The van der Waals surface area contributed by atoms with Crippen molar-refractivity contribution < 1.29 is 0 Å². The normalized spacial score (nSPS) is 19.9. The van der Waals surface area contributed by atoms with Crippen LogP contribution in [0.3, 0.4) is 0 Å². The van der Waals surface area contributed by atoms with Gasteiger partial charge in [0.1, 0.15) is 11.6 Å². The van der Waals surface area contributed by atoms with E-state index in [1.165, 1.54) is 12.8 Å². The Labute approximate surface area is 107 Å². The second kappa shape index (κ2) is 4.90. The number of para-hydroxylation sites is 1. The molecular weight excluding hydrogens is 224 g/mol. The van der Waals surface area contributed by atoms with E-state index in [1.807, 2.05) is 13.0 Å². The first-order chi connectivity index (χ1) is 8.86. The standard InChI is InChI=1S/C14H18N4/c1-11-16-17-14(12-6-5-9-15-10-12)18(11)13-7-3-2-4-8-13/h2-4,7-8,12,15H,5-6,9-10H2,1H3. The van der Waals surface area contributed by atoms with Crippen molar-refractivity contribution in [3.05, 3.63) is 42.0 Å². The fourth-order valence-electron chi connectivity index (χ4n) is 2.61. The third kappa shape index (κ3) is 2.04. The molecular formula is C14H18N4. The monoisotopic (exact) mass is 242 g/mol. The molecule has 1 N–H and O–H groups in total. The highest BCUT2D eigenvalue weighted by Crippen LogP contribution is 2.24. The number of nitrogens with zero attached hydrogens (tertiary/aromatic N) is 3. The number of piperidine rings is 1. The number of aromatic nitrogens is 3. The van der Waals surface area contributed by atoms with Crippen molar-refractivity contribution in [1.82, 2.24) is 20.1 Å². The van der Waals surface area contributed by atoms with Gasteiger partial charge in [-0.05, 0) is 38.4 Å². The lowest BCUT2D eigenvalue weighted by molar-refractivity contribution is 0.442. The van der Waals surface area contributed by atoms with Crippen molar-refractivity contribution in [2.24, 2.45) is 0 Å². The third-order valence-electron chi connectivity index (χ3n) is 3.53. The highest BCUT2D eigenvalue weighted by Gasteiger charge is 2.22. The SMILES string of the molecule is Cc1nnc(C2CCCNC2)n1-c1ccccc1. The quantitative estimate of drug-likeness (QED) is 0.876. The van der Waals surface area contributed by atoms with Crippen molar-refractivity contribution in [2.75, 3.05) is 13.1 Å². The third-order valence-corrected chi connectivity index (χ3v) is 3.53. The molecule has 0 saturated carbocycles. The molecule has 0 aliphatic carbocycles. The lowest BCUT2D eigenvalue weighted by atomic mass is 9.98. The minimum Gasteiger partial charge on any atom is -0.316 e. The summed E-state index contributed by atoms with van der Waals surface area (Å²) in [6.45, 7) is 4.14. The van der Waals surface area contributed by atoms with Gasteiger partial charge in [0.2, 0.25) is 0 Å². The van der Waals surface area contributed by atoms with E-state index in [-0.39, 0.29) is 0 Å². The topological polar surface area (TPSA) is 42.7 Å². The molecule has 94 valence electrons. The number of hydrogen-bond donors (Lipinski definition) is 1. The summed E-state index contributed by atoms with van der Waals surface area (Å²) in [4.78, 5) is 0. The van der Waals surface area contributed by atoms with Crippen molar-refractivity contribution in [3.63, 3.8) is 0 Å². The van der Waals surface area contributed by atoms with Gasteiger partial charge in [0.25, 0.3) is 0 Å². The Morgan fingerprint density at radius 1 is 1.22 bits per heavy atom. The van der Waals surface area contributed by atoms with Crippen LogP contribution >= 0.6 is 0 Å². The van der Waals surface area contributed by atoms with E-state index in [9.17, 15) is 0 Å². The van der Waals surface area contributed by atoms with Gasteiger partial charge in [0.15, 0.2) is 0 Å². The zero-order chi connectivity index (χ0) is 12.4. The van der Waals surface area contributed by atoms with Crippen molar-refractivity contribution >= 4 is 0 Å². The largest absolute Gasteiger partial charge is 0.316 e. The molecule has 1 saturated heterocycles. The first-order valence-electron chi connectivity index (χ1n) is 6.54. The van der Waals surface area contributed by atoms with E-state index in [4.69, 9.17) is 0 Å². The highest BCUT2D eigenvalue weighted by molar-refractivity contribution is 5.34. The Hall–Kier alpha value is -1.68. The molecule has 0 bridgehead atoms. The fourth-order valence-corrected chi connectivity index (χ4v) is 2.61. The maximum Gasteiger partial charge on any atom is 0.142 e. The predicted molar refractivity (Wildman–Crippen MR) is 70.9 cm³/mol. The number of aryl methyl sites for hydroxylation is 1. The molecule has 4 nitrogen and oxygen atoms in total. The lowest BCUT2D eigenvalue weighted by Gasteiger charge is -2.22. The fraction of sp³-hybridized carbons (Fsp3) is 0.429. The molecule has 0 amide bonds. The second-order valence-corrected chi connectivity index (χ2v) is 4.82. The summed E-state index contributed by atoms with van der Waals surface area (Å²) in [5.41, 5.74) is 1.15. The van der Waals surface area contributed by atoms with Crippen LogP contribution in [0.25, 0.3) is 5.69 Å². The van der Waals surface area contributed by atoms with Gasteiger partial charge < -0.3 is 5.32 Å². The molecule has 1 atom stereocenters. The molecule has 1 fully saturated rings. The first kappa shape index (κ1) is 11.4. The van der Waals surface area contributed by atoms with Crippen LogP contribution in [0.15, 0.2) is 30.3 Å². The van der Waals surface area contributed by atoms with Gasteiger partial charge in [-0.25, -0.2) is 0 Å². The minimum atomic E-state index is 0.472.